The predicted molar refractivity (Wildman–Crippen MR) is 82.5 cm³/mol. The summed E-state index contributed by atoms with van der Waals surface area (Å²) in [5.74, 6) is -0.492. The summed E-state index contributed by atoms with van der Waals surface area (Å²) in [6, 6.07) is 8.61. The van der Waals surface area contributed by atoms with Gasteiger partial charge in [0.05, 0.1) is 11.6 Å². The minimum Gasteiger partial charge on any atom is -0.364 e. The summed E-state index contributed by atoms with van der Waals surface area (Å²) in [5, 5.41) is 8.84. The van der Waals surface area contributed by atoms with E-state index in [0.29, 0.717) is 23.3 Å². The highest BCUT2D eigenvalue weighted by Crippen LogP contribution is 2.20. The molecule has 0 aliphatic rings. The summed E-state index contributed by atoms with van der Waals surface area (Å²) in [4.78, 5) is 34.7. The van der Waals surface area contributed by atoms with Crippen molar-refractivity contribution in [1.82, 2.24) is 19.5 Å². The van der Waals surface area contributed by atoms with Gasteiger partial charge in [-0.2, -0.15) is 5.26 Å². The lowest BCUT2D eigenvalue weighted by Gasteiger charge is -2.05. The van der Waals surface area contributed by atoms with Crippen molar-refractivity contribution in [3.63, 3.8) is 0 Å². The van der Waals surface area contributed by atoms with Crippen LogP contribution in [0.2, 0.25) is 0 Å². The maximum Gasteiger partial charge on any atom is 0.327 e. The van der Waals surface area contributed by atoms with Crippen molar-refractivity contribution in [2.24, 2.45) is 5.73 Å². The van der Waals surface area contributed by atoms with Gasteiger partial charge in [-0.15, -0.1) is 0 Å². The number of hydrogen-bond donors (Lipinski definition) is 2. The minimum atomic E-state index is -0.753. The number of aromatic amines is 1. The van der Waals surface area contributed by atoms with Gasteiger partial charge in [0.25, 0.3) is 5.91 Å². The second-order valence-electron chi connectivity index (χ2n) is 4.82. The summed E-state index contributed by atoms with van der Waals surface area (Å²) in [6.07, 6.45) is 0. The molecular weight excluding hydrogens is 296 g/mol. The quantitative estimate of drug-likeness (QED) is 0.738. The third-order valence-electron chi connectivity index (χ3n) is 3.44. The Balaban J connectivity index is 2.31. The topological polar surface area (TPSA) is 130 Å². The summed E-state index contributed by atoms with van der Waals surface area (Å²) in [6.45, 7) is 2.18. The number of benzene rings is 1. The SMILES string of the molecule is CCn1c(=O)[nH]c2c(C(N)=O)nc(-c3ccc(C#N)cc3)nc21. The number of nitrogens with zero attached hydrogens (tertiary/aromatic N) is 4. The Morgan fingerprint density at radius 2 is 2.04 bits per heavy atom. The van der Waals surface area contributed by atoms with Crippen LogP contribution in [0.3, 0.4) is 0 Å². The molecule has 0 atom stereocenters. The fraction of sp³-hybridized carbons (Fsp3) is 0.133. The van der Waals surface area contributed by atoms with Crippen LogP contribution in [0.4, 0.5) is 0 Å². The highest BCUT2D eigenvalue weighted by molar-refractivity contribution is 6.01. The first-order valence-electron chi connectivity index (χ1n) is 6.86. The molecule has 0 saturated carbocycles. The zero-order valence-electron chi connectivity index (χ0n) is 12.2. The number of fused-ring (bicyclic) bond motifs is 1. The maximum atomic E-state index is 11.9. The molecule has 3 aromatic rings. The molecule has 1 aromatic carbocycles. The third kappa shape index (κ3) is 2.34. The number of carbonyl (C=O) groups excluding carboxylic acids is 1. The van der Waals surface area contributed by atoms with Gasteiger partial charge in [-0.05, 0) is 31.2 Å². The van der Waals surface area contributed by atoms with E-state index in [1.165, 1.54) is 4.57 Å². The van der Waals surface area contributed by atoms with Crippen molar-refractivity contribution >= 4 is 17.1 Å². The van der Waals surface area contributed by atoms with Gasteiger partial charge in [-0.3, -0.25) is 9.36 Å². The number of H-pyrrole nitrogens is 1. The monoisotopic (exact) mass is 308 g/mol. The molecule has 8 heteroatoms. The molecule has 0 aliphatic heterocycles. The second kappa shape index (κ2) is 5.38. The summed E-state index contributed by atoms with van der Waals surface area (Å²) in [7, 11) is 0. The standard InChI is InChI=1S/C15H12N6O2/c1-2-21-14-11(19-15(21)23)10(12(17)22)18-13(20-14)9-5-3-8(7-16)4-6-9/h3-6H,2H2,1H3,(H2,17,22)(H,19,23). The molecule has 3 rings (SSSR count). The van der Waals surface area contributed by atoms with Gasteiger partial charge in [-0.1, -0.05) is 0 Å². The van der Waals surface area contributed by atoms with E-state index in [0.717, 1.165) is 0 Å². The first-order valence-corrected chi connectivity index (χ1v) is 6.86. The largest absolute Gasteiger partial charge is 0.364 e. The lowest BCUT2D eigenvalue weighted by atomic mass is 10.1. The number of nitrogens with one attached hydrogen (secondary N) is 1. The van der Waals surface area contributed by atoms with E-state index in [4.69, 9.17) is 11.0 Å². The van der Waals surface area contributed by atoms with Crippen molar-refractivity contribution in [2.45, 2.75) is 13.5 Å². The molecule has 0 fully saturated rings. The van der Waals surface area contributed by atoms with E-state index >= 15 is 0 Å². The molecule has 0 bridgehead atoms. The lowest BCUT2D eigenvalue weighted by Crippen LogP contribution is -2.15. The number of aromatic nitrogens is 4. The van der Waals surface area contributed by atoms with Crippen LogP contribution in [-0.2, 0) is 6.54 Å². The van der Waals surface area contributed by atoms with Gasteiger partial charge in [0.15, 0.2) is 17.2 Å². The molecule has 0 spiro atoms. The molecule has 23 heavy (non-hydrogen) atoms. The Bertz CT molecular complexity index is 1010. The number of amides is 1. The minimum absolute atomic E-state index is 0.0429. The zero-order valence-corrected chi connectivity index (χ0v) is 12.2. The van der Waals surface area contributed by atoms with Crippen molar-refractivity contribution in [1.29, 1.82) is 5.26 Å². The molecule has 0 radical (unpaired) electrons. The van der Waals surface area contributed by atoms with E-state index in [2.05, 4.69) is 15.0 Å². The van der Waals surface area contributed by atoms with E-state index in [9.17, 15) is 9.59 Å². The maximum absolute atomic E-state index is 11.9. The first kappa shape index (κ1) is 14.5. The Kier molecular flexibility index (Phi) is 3.38. The predicted octanol–water partition coefficient (Wildman–Crippen LogP) is 0.777. The molecule has 0 aliphatic carbocycles. The molecule has 1 amide bonds. The van der Waals surface area contributed by atoms with Crippen LogP contribution in [0, 0.1) is 11.3 Å². The normalized spacial score (nSPS) is 10.6. The molecule has 0 saturated heterocycles. The third-order valence-corrected chi connectivity index (χ3v) is 3.44. The van der Waals surface area contributed by atoms with Crippen molar-refractivity contribution < 1.29 is 4.79 Å². The average Bonchev–Trinajstić information content (AvgIpc) is 2.88. The lowest BCUT2D eigenvalue weighted by molar-refractivity contribution is 0.0997. The smallest absolute Gasteiger partial charge is 0.327 e. The number of primary amides is 1. The van der Waals surface area contributed by atoms with Gasteiger partial charge < -0.3 is 10.7 Å². The molecular formula is C15H12N6O2. The number of aryl methyl sites for hydroxylation is 1. The number of hydrogen-bond acceptors (Lipinski definition) is 5. The van der Waals surface area contributed by atoms with Gasteiger partial charge >= 0.3 is 5.69 Å². The highest BCUT2D eigenvalue weighted by atomic mass is 16.2. The van der Waals surface area contributed by atoms with Gasteiger partial charge in [0, 0.05) is 12.1 Å². The molecule has 3 N–H and O–H groups in total. The van der Waals surface area contributed by atoms with Crippen LogP contribution < -0.4 is 11.4 Å². The summed E-state index contributed by atoms with van der Waals surface area (Å²) < 4.78 is 1.40. The number of imidazole rings is 1. The average molecular weight is 308 g/mol. The van der Waals surface area contributed by atoms with Crippen LogP contribution in [0.1, 0.15) is 23.0 Å². The van der Waals surface area contributed by atoms with Crippen LogP contribution >= 0.6 is 0 Å². The summed E-state index contributed by atoms with van der Waals surface area (Å²) in [5.41, 5.74) is 6.60. The van der Waals surface area contributed by atoms with Gasteiger partial charge in [0.1, 0.15) is 5.52 Å². The summed E-state index contributed by atoms with van der Waals surface area (Å²) >= 11 is 0. The van der Waals surface area contributed by atoms with E-state index < -0.39 is 5.91 Å². The molecule has 8 nitrogen and oxygen atoms in total. The molecule has 2 aromatic heterocycles. The number of nitriles is 1. The van der Waals surface area contributed by atoms with Crippen LogP contribution in [0.5, 0.6) is 0 Å². The van der Waals surface area contributed by atoms with Crippen LogP contribution in [0.15, 0.2) is 29.1 Å². The Morgan fingerprint density at radius 1 is 1.35 bits per heavy atom. The van der Waals surface area contributed by atoms with Gasteiger partial charge in [0.2, 0.25) is 0 Å². The molecule has 0 unspecified atom stereocenters. The Morgan fingerprint density at radius 3 is 2.61 bits per heavy atom. The fourth-order valence-electron chi connectivity index (χ4n) is 2.32. The van der Waals surface area contributed by atoms with Crippen molar-refractivity contribution in [3.05, 3.63) is 46.0 Å². The second-order valence-corrected chi connectivity index (χ2v) is 4.82. The van der Waals surface area contributed by atoms with E-state index in [1.54, 1.807) is 31.2 Å². The number of carbonyl (C=O) groups is 1. The van der Waals surface area contributed by atoms with Crippen LogP contribution in [-0.4, -0.2) is 25.4 Å². The first-order chi connectivity index (χ1) is 11.0. The number of nitrogens with two attached hydrogens (primary N) is 1. The van der Waals surface area contributed by atoms with Gasteiger partial charge in [-0.25, -0.2) is 14.8 Å². The fourth-order valence-corrected chi connectivity index (χ4v) is 2.32. The Labute approximate surface area is 130 Å². The van der Waals surface area contributed by atoms with E-state index in [1.807, 2.05) is 6.07 Å². The van der Waals surface area contributed by atoms with Crippen LogP contribution in [0.25, 0.3) is 22.6 Å². The van der Waals surface area contributed by atoms with E-state index in [-0.39, 0.29) is 22.7 Å². The van der Waals surface area contributed by atoms with Crippen molar-refractivity contribution in [3.8, 4) is 17.5 Å². The number of rotatable bonds is 3. The van der Waals surface area contributed by atoms with Crippen molar-refractivity contribution in [2.75, 3.05) is 0 Å². The molecule has 114 valence electrons. The Hall–Kier alpha value is -3.47. The zero-order chi connectivity index (χ0) is 16.6. The highest BCUT2D eigenvalue weighted by Gasteiger charge is 2.18. The molecule has 2 heterocycles.